The van der Waals surface area contributed by atoms with Crippen LogP contribution in [0.3, 0.4) is 0 Å². The van der Waals surface area contributed by atoms with E-state index in [-0.39, 0.29) is 17.9 Å². The first-order valence-electron chi connectivity index (χ1n) is 5.93. The molecule has 0 fully saturated rings. The molecule has 1 amide bonds. The third-order valence-corrected chi connectivity index (χ3v) is 3.07. The summed E-state index contributed by atoms with van der Waals surface area (Å²) >= 11 is 5.02. The van der Waals surface area contributed by atoms with E-state index < -0.39 is 11.7 Å². The fourth-order valence-corrected chi connectivity index (χ4v) is 2.03. The van der Waals surface area contributed by atoms with E-state index in [9.17, 15) is 9.18 Å². The van der Waals surface area contributed by atoms with Crippen molar-refractivity contribution in [3.8, 4) is 5.75 Å². The highest BCUT2D eigenvalue weighted by Crippen LogP contribution is 2.14. The molecule has 0 radical (unpaired) electrons. The highest BCUT2D eigenvalue weighted by molar-refractivity contribution is 7.71. The molecular weight excluding hydrogens is 283 g/mol. The minimum absolute atomic E-state index is 0.125. The first-order chi connectivity index (χ1) is 9.52. The Balaban J connectivity index is 2.10. The van der Waals surface area contributed by atoms with Gasteiger partial charge in [0.05, 0.1) is 12.1 Å². The van der Waals surface area contributed by atoms with Crippen LogP contribution in [-0.4, -0.2) is 25.8 Å². The van der Waals surface area contributed by atoms with Gasteiger partial charge in [-0.3, -0.25) is 9.89 Å². The third-order valence-electron chi connectivity index (χ3n) is 2.76. The average molecular weight is 296 g/mol. The number of carbonyl (C=O) groups excluding carboxylic acids is 1. The van der Waals surface area contributed by atoms with Crippen molar-refractivity contribution in [1.82, 2.24) is 20.1 Å². The number of nitrogens with zero attached hydrogens (tertiary/aromatic N) is 2. The maximum absolute atomic E-state index is 13.5. The molecule has 2 rings (SSSR count). The van der Waals surface area contributed by atoms with Crippen LogP contribution in [0.25, 0.3) is 0 Å². The number of aromatic nitrogens is 3. The van der Waals surface area contributed by atoms with Crippen molar-refractivity contribution in [2.24, 2.45) is 0 Å². The molecule has 3 N–H and O–H groups in total. The molecule has 106 valence electrons. The van der Waals surface area contributed by atoms with Crippen LogP contribution in [0.5, 0.6) is 5.75 Å². The number of benzene rings is 1. The molecule has 20 heavy (non-hydrogen) atoms. The molecule has 0 aliphatic carbocycles. The van der Waals surface area contributed by atoms with Gasteiger partial charge in [0.2, 0.25) is 0 Å². The summed E-state index contributed by atoms with van der Waals surface area (Å²) in [6.45, 7) is 2.64. The number of aromatic hydroxyl groups is 1. The number of hydrogen-bond acceptors (Lipinski definition) is 4. The molecule has 2 aromatic rings. The lowest BCUT2D eigenvalue weighted by molar-refractivity contribution is 0.0945. The number of carbonyl (C=O) groups is 1. The molecule has 0 saturated heterocycles. The zero-order valence-corrected chi connectivity index (χ0v) is 11.5. The van der Waals surface area contributed by atoms with Crippen molar-refractivity contribution in [2.45, 2.75) is 20.0 Å². The summed E-state index contributed by atoms with van der Waals surface area (Å²) in [5.41, 5.74) is -0.139. The van der Waals surface area contributed by atoms with E-state index in [1.807, 2.05) is 6.92 Å². The first kappa shape index (κ1) is 14.2. The van der Waals surface area contributed by atoms with Crippen LogP contribution in [0, 0.1) is 10.6 Å². The van der Waals surface area contributed by atoms with Crippen molar-refractivity contribution < 1.29 is 14.3 Å². The molecule has 0 aliphatic heterocycles. The molecule has 0 spiro atoms. The van der Waals surface area contributed by atoms with E-state index in [2.05, 4.69) is 15.5 Å². The number of halogens is 1. The van der Waals surface area contributed by atoms with E-state index in [4.69, 9.17) is 17.3 Å². The van der Waals surface area contributed by atoms with Crippen LogP contribution in [-0.2, 0) is 13.1 Å². The van der Waals surface area contributed by atoms with Gasteiger partial charge in [-0.05, 0) is 31.3 Å². The van der Waals surface area contributed by atoms with Gasteiger partial charge in [0.1, 0.15) is 11.6 Å². The standard InChI is InChI=1S/C12H13FN4O2S/c1-2-17-10(15-16-12(17)20)6-14-11(19)8-4-3-7(18)5-9(8)13/h3-5,18H,2,6H2,1H3,(H,14,19)(H,16,20). The lowest BCUT2D eigenvalue weighted by Gasteiger charge is -2.07. The average Bonchev–Trinajstić information content (AvgIpc) is 2.76. The van der Waals surface area contributed by atoms with E-state index in [1.54, 1.807) is 4.57 Å². The lowest BCUT2D eigenvalue weighted by atomic mass is 10.2. The Kier molecular flexibility index (Phi) is 4.14. The summed E-state index contributed by atoms with van der Waals surface area (Å²) < 4.78 is 15.7. The number of phenols is 1. The molecule has 1 aromatic heterocycles. The fourth-order valence-electron chi connectivity index (χ4n) is 1.75. The van der Waals surface area contributed by atoms with Gasteiger partial charge in [-0.15, -0.1) is 0 Å². The molecule has 1 aromatic carbocycles. The van der Waals surface area contributed by atoms with Crippen LogP contribution >= 0.6 is 12.2 Å². The number of H-pyrrole nitrogens is 1. The Morgan fingerprint density at radius 3 is 3.00 bits per heavy atom. The summed E-state index contributed by atoms with van der Waals surface area (Å²) in [6, 6.07) is 3.36. The Morgan fingerprint density at radius 1 is 1.60 bits per heavy atom. The zero-order valence-electron chi connectivity index (χ0n) is 10.7. The smallest absolute Gasteiger partial charge is 0.254 e. The zero-order chi connectivity index (χ0) is 14.7. The molecule has 0 aliphatic rings. The second kappa shape index (κ2) is 5.83. The van der Waals surface area contributed by atoms with Gasteiger partial charge in [0, 0.05) is 12.6 Å². The number of amides is 1. The summed E-state index contributed by atoms with van der Waals surface area (Å²) in [7, 11) is 0. The van der Waals surface area contributed by atoms with Gasteiger partial charge >= 0.3 is 0 Å². The highest BCUT2D eigenvalue weighted by Gasteiger charge is 2.13. The van der Waals surface area contributed by atoms with Crippen LogP contribution in [0.15, 0.2) is 18.2 Å². The predicted octanol–water partition coefficient (Wildman–Crippen LogP) is 1.74. The second-order valence-corrected chi connectivity index (χ2v) is 4.42. The van der Waals surface area contributed by atoms with Gasteiger partial charge in [-0.1, -0.05) is 0 Å². The van der Waals surface area contributed by atoms with Gasteiger partial charge < -0.3 is 15.0 Å². The Morgan fingerprint density at radius 2 is 2.35 bits per heavy atom. The number of phenolic OH excluding ortho intramolecular Hbond substituents is 1. The van der Waals surface area contributed by atoms with Gasteiger partial charge in [0.25, 0.3) is 5.91 Å². The normalized spacial score (nSPS) is 10.5. The van der Waals surface area contributed by atoms with Crippen LogP contribution in [0.1, 0.15) is 23.1 Å². The van der Waals surface area contributed by atoms with Gasteiger partial charge in [-0.2, -0.15) is 5.10 Å². The molecule has 8 heteroatoms. The van der Waals surface area contributed by atoms with Crippen molar-refractivity contribution in [1.29, 1.82) is 0 Å². The second-order valence-electron chi connectivity index (χ2n) is 4.04. The number of hydrogen-bond donors (Lipinski definition) is 3. The summed E-state index contributed by atoms with van der Waals surface area (Å²) in [6.07, 6.45) is 0. The summed E-state index contributed by atoms with van der Waals surface area (Å²) in [4.78, 5) is 11.9. The number of aromatic amines is 1. The SMILES string of the molecule is CCn1c(CNC(=O)c2ccc(O)cc2F)n[nH]c1=S. The monoisotopic (exact) mass is 296 g/mol. The molecule has 6 nitrogen and oxygen atoms in total. The largest absolute Gasteiger partial charge is 0.508 e. The van der Waals surface area contributed by atoms with Crippen molar-refractivity contribution in [2.75, 3.05) is 0 Å². The summed E-state index contributed by atoms with van der Waals surface area (Å²) in [5.74, 6) is -1.04. The van der Waals surface area contributed by atoms with Crippen LogP contribution in [0.2, 0.25) is 0 Å². The third kappa shape index (κ3) is 2.85. The molecule has 0 atom stereocenters. The summed E-state index contributed by atoms with van der Waals surface area (Å²) in [5, 5.41) is 18.3. The maximum Gasteiger partial charge on any atom is 0.254 e. The molecule has 0 unspecified atom stereocenters. The number of rotatable bonds is 4. The first-order valence-corrected chi connectivity index (χ1v) is 6.34. The van der Waals surface area contributed by atoms with Crippen molar-refractivity contribution in [3.05, 3.63) is 40.2 Å². The van der Waals surface area contributed by atoms with Crippen LogP contribution < -0.4 is 5.32 Å². The topological polar surface area (TPSA) is 82.9 Å². The molecular formula is C12H13FN4O2S. The minimum Gasteiger partial charge on any atom is -0.508 e. The number of nitrogens with one attached hydrogen (secondary N) is 2. The predicted molar refractivity (Wildman–Crippen MR) is 72.3 cm³/mol. The van der Waals surface area contributed by atoms with Gasteiger partial charge in [0.15, 0.2) is 10.6 Å². The molecule has 1 heterocycles. The van der Waals surface area contributed by atoms with E-state index in [0.29, 0.717) is 17.1 Å². The van der Waals surface area contributed by atoms with E-state index in [1.165, 1.54) is 12.1 Å². The molecule has 0 saturated carbocycles. The Labute approximate surface area is 119 Å². The quantitative estimate of drug-likeness (QED) is 0.750. The maximum atomic E-state index is 13.5. The van der Waals surface area contributed by atoms with E-state index >= 15 is 0 Å². The fraction of sp³-hybridized carbons (Fsp3) is 0.250. The van der Waals surface area contributed by atoms with Crippen molar-refractivity contribution in [3.63, 3.8) is 0 Å². The Hall–Kier alpha value is -2.22. The minimum atomic E-state index is -0.781. The van der Waals surface area contributed by atoms with Crippen LogP contribution in [0.4, 0.5) is 4.39 Å². The Bertz CT molecular complexity index is 695. The molecule has 0 bridgehead atoms. The lowest BCUT2D eigenvalue weighted by Crippen LogP contribution is -2.25. The van der Waals surface area contributed by atoms with Gasteiger partial charge in [-0.25, -0.2) is 4.39 Å². The van der Waals surface area contributed by atoms with E-state index in [0.717, 1.165) is 6.07 Å². The highest BCUT2D eigenvalue weighted by atomic mass is 32.1. The van der Waals surface area contributed by atoms with Crippen molar-refractivity contribution >= 4 is 18.1 Å².